The van der Waals surface area contributed by atoms with Crippen LogP contribution in [0.3, 0.4) is 0 Å². The molecule has 5 heteroatoms. The van der Waals surface area contributed by atoms with Crippen molar-refractivity contribution in [3.63, 3.8) is 0 Å². The predicted octanol–water partition coefficient (Wildman–Crippen LogP) is 3.86. The largest absolute Gasteiger partial charge is 0.495 e. The first-order valence-electron chi connectivity index (χ1n) is 8.18. The van der Waals surface area contributed by atoms with Gasteiger partial charge in [0.15, 0.2) is 0 Å². The van der Waals surface area contributed by atoms with E-state index in [4.69, 9.17) is 16.3 Å². The van der Waals surface area contributed by atoms with Crippen molar-refractivity contribution in [1.82, 2.24) is 4.90 Å². The summed E-state index contributed by atoms with van der Waals surface area (Å²) in [5.41, 5.74) is 1.94. The average Bonchev–Trinajstić information content (AvgIpc) is 3.18. The number of halogens is 1. The molecule has 0 bridgehead atoms. The van der Waals surface area contributed by atoms with Gasteiger partial charge >= 0.3 is 0 Å². The molecule has 4 nitrogen and oxygen atoms in total. The summed E-state index contributed by atoms with van der Waals surface area (Å²) >= 11 is 6.29. The van der Waals surface area contributed by atoms with Crippen LogP contribution in [0.4, 0.5) is 5.69 Å². The predicted molar refractivity (Wildman–Crippen MR) is 94.4 cm³/mol. The normalized spacial score (nSPS) is 23.6. The van der Waals surface area contributed by atoms with Gasteiger partial charge in [0, 0.05) is 12.2 Å². The van der Waals surface area contributed by atoms with Gasteiger partial charge in [-0.1, -0.05) is 41.9 Å². The molecule has 2 aliphatic rings. The maximum atomic E-state index is 13.0. The molecular weight excluding hydrogens is 324 g/mol. The van der Waals surface area contributed by atoms with Crippen molar-refractivity contribution in [2.45, 2.75) is 25.0 Å². The summed E-state index contributed by atoms with van der Waals surface area (Å²) < 4.78 is 5.23. The summed E-state index contributed by atoms with van der Waals surface area (Å²) in [5.74, 6) is 0.770. The van der Waals surface area contributed by atoms with Crippen molar-refractivity contribution in [1.29, 1.82) is 0 Å². The molecule has 0 radical (unpaired) electrons. The molecule has 2 aromatic carbocycles. The first-order chi connectivity index (χ1) is 11.7. The maximum absolute atomic E-state index is 13.0. The Balaban J connectivity index is 1.79. The van der Waals surface area contributed by atoms with Crippen LogP contribution in [0, 0.1) is 0 Å². The van der Waals surface area contributed by atoms with Crippen LogP contribution >= 0.6 is 11.6 Å². The van der Waals surface area contributed by atoms with Crippen LogP contribution in [0.1, 0.15) is 24.6 Å². The maximum Gasteiger partial charge on any atom is 0.246 e. The third-order valence-electron chi connectivity index (χ3n) is 4.89. The van der Waals surface area contributed by atoms with Crippen molar-refractivity contribution < 1.29 is 9.53 Å². The lowest BCUT2D eigenvalue weighted by atomic mass is 10.1. The van der Waals surface area contributed by atoms with E-state index in [0.717, 1.165) is 30.6 Å². The number of carbonyl (C=O) groups is 1. The molecule has 4 rings (SSSR count). The Hall–Kier alpha value is -2.04. The van der Waals surface area contributed by atoms with Crippen LogP contribution in [0.25, 0.3) is 0 Å². The molecule has 0 aromatic heterocycles. The van der Waals surface area contributed by atoms with Gasteiger partial charge in [-0.15, -0.1) is 0 Å². The van der Waals surface area contributed by atoms with E-state index in [-0.39, 0.29) is 18.1 Å². The third kappa shape index (κ3) is 2.38. The summed E-state index contributed by atoms with van der Waals surface area (Å²) in [5, 5.41) is 0.515. The van der Waals surface area contributed by atoms with Crippen LogP contribution in [0.2, 0.25) is 5.02 Å². The van der Waals surface area contributed by atoms with E-state index < -0.39 is 0 Å². The van der Waals surface area contributed by atoms with Crippen LogP contribution in [0.5, 0.6) is 5.75 Å². The first-order valence-corrected chi connectivity index (χ1v) is 8.56. The highest BCUT2D eigenvalue weighted by molar-refractivity contribution is 6.32. The summed E-state index contributed by atoms with van der Waals surface area (Å²) in [6.07, 6.45) is 1.91. The fourth-order valence-corrected chi connectivity index (χ4v) is 4.07. The molecule has 1 amide bonds. The Morgan fingerprint density at radius 2 is 1.96 bits per heavy atom. The van der Waals surface area contributed by atoms with E-state index in [9.17, 15) is 4.79 Å². The molecule has 0 saturated carbocycles. The van der Waals surface area contributed by atoms with Crippen molar-refractivity contribution >= 4 is 23.2 Å². The zero-order chi connectivity index (χ0) is 16.7. The third-order valence-corrected chi connectivity index (χ3v) is 5.18. The number of methoxy groups -OCH3 is 1. The summed E-state index contributed by atoms with van der Waals surface area (Å²) in [4.78, 5) is 17.2. The Labute approximate surface area is 146 Å². The molecule has 0 unspecified atom stereocenters. The summed E-state index contributed by atoms with van der Waals surface area (Å²) in [6.45, 7) is 0.941. The molecular formula is C19H19ClN2O2. The smallest absolute Gasteiger partial charge is 0.246 e. The van der Waals surface area contributed by atoms with Crippen molar-refractivity contribution in [3.8, 4) is 5.75 Å². The minimum atomic E-state index is -0.0735. The molecule has 2 atom stereocenters. The lowest BCUT2D eigenvalue weighted by molar-refractivity contribution is -0.119. The zero-order valence-electron chi connectivity index (χ0n) is 13.5. The van der Waals surface area contributed by atoms with E-state index in [0.29, 0.717) is 10.8 Å². The monoisotopic (exact) mass is 342 g/mol. The molecule has 2 heterocycles. The molecule has 0 aliphatic carbocycles. The van der Waals surface area contributed by atoms with Crippen molar-refractivity contribution in [2.24, 2.45) is 0 Å². The number of hydrogen-bond acceptors (Lipinski definition) is 3. The Kier molecular flexibility index (Phi) is 3.94. The highest BCUT2D eigenvalue weighted by atomic mass is 35.5. The zero-order valence-corrected chi connectivity index (χ0v) is 14.2. The summed E-state index contributed by atoms with van der Waals surface area (Å²) in [7, 11) is 1.59. The SMILES string of the molecule is COc1ccc(N2C(=O)[C@@H]3CCCN3[C@H]2c2ccccc2)cc1Cl. The van der Waals surface area contributed by atoms with Crippen molar-refractivity contribution in [2.75, 3.05) is 18.6 Å². The van der Waals surface area contributed by atoms with E-state index in [1.807, 2.05) is 41.3 Å². The number of carbonyl (C=O) groups excluding carboxylic acids is 1. The molecule has 2 aromatic rings. The minimum Gasteiger partial charge on any atom is -0.495 e. The van der Waals surface area contributed by atoms with Gasteiger partial charge in [0.1, 0.15) is 11.9 Å². The Morgan fingerprint density at radius 1 is 1.17 bits per heavy atom. The fourth-order valence-electron chi connectivity index (χ4n) is 3.82. The lowest BCUT2D eigenvalue weighted by Crippen LogP contribution is -2.32. The second kappa shape index (κ2) is 6.11. The number of nitrogens with zero attached hydrogens (tertiary/aromatic N) is 2. The molecule has 2 saturated heterocycles. The molecule has 24 heavy (non-hydrogen) atoms. The number of fused-ring (bicyclic) bond motifs is 1. The molecule has 124 valence electrons. The number of ether oxygens (including phenoxy) is 1. The molecule has 0 spiro atoms. The van der Waals surface area contributed by atoms with E-state index in [1.54, 1.807) is 7.11 Å². The molecule has 2 fully saturated rings. The second-order valence-corrected chi connectivity index (χ2v) is 6.61. The topological polar surface area (TPSA) is 32.8 Å². The van der Waals surface area contributed by atoms with Gasteiger partial charge in [-0.25, -0.2) is 0 Å². The van der Waals surface area contributed by atoms with Gasteiger partial charge < -0.3 is 4.74 Å². The fraction of sp³-hybridized carbons (Fsp3) is 0.316. The number of amides is 1. The molecule has 2 aliphatic heterocycles. The number of anilines is 1. The lowest BCUT2D eigenvalue weighted by Gasteiger charge is -2.30. The Bertz CT molecular complexity index is 765. The highest BCUT2D eigenvalue weighted by Crippen LogP contribution is 2.43. The van der Waals surface area contributed by atoms with Gasteiger partial charge in [0.05, 0.1) is 18.2 Å². The van der Waals surface area contributed by atoms with E-state index in [2.05, 4.69) is 17.0 Å². The van der Waals surface area contributed by atoms with Gasteiger partial charge in [-0.3, -0.25) is 14.6 Å². The highest BCUT2D eigenvalue weighted by Gasteiger charge is 2.49. The van der Waals surface area contributed by atoms with Crippen molar-refractivity contribution in [3.05, 3.63) is 59.1 Å². The van der Waals surface area contributed by atoms with Gasteiger partial charge in [0.25, 0.3) is 0 Å². The van der Waals surface area contributed by atoms with Gasteiger partial charge in [-0.05, 0) is 36.6 Å². The summed E-state index contributed by atoms with van der Waals surface area (Å²) in [6, 6.07) is 15.7. The van der Waals surface area contributed by atoms with Crippen LogP contribution < -0.4 is 9.64 Å². The van der Waals surface area contributed by atoms with Gasteiger partial charge in [-0.2, -0.15) is 0 Å². The van der Waals surface area contributed by atoms with E-state index in [1.165, 1.54) is 0 Å². The van der Waals surface area contributed by atoms with E-state index >= 15 is 0 Å². The Morgan fingerprint density at radius 3 is 2.67 bits per heavy atom. The number of rotatable bonds is 3. The minimum absolute atomic E-state index is 0.0314. The average molecular weight is 343 g/mol. The number of benzene rings is 2. The van der Waals surface area contributed by atoms with Crippen LogP contribution in [-0.2, 0) is 4.79 Å². The standard InChI is InChI=1S/C19H19ClN2O2/c1-24-17-10-9-14(12-15(17)20)22-18(13-6-3-2-4-7-13)21-11-5-8-16(21)19(22)23/h2-4,6-7,9-10,12,16,18H,5,8,11H2,1H3/t16-,18+/m0/s1. The number of hydrogen-bond donors (Lipinski definition) is 0. The molecule has 0 N–H and O–H groups in total. The first kappa shape index (κ1) is 15.5. The quantitative estimate of drug-likeness (QED) is 0.849. The van der Waals surface area contributed by atoms with Crippen LogP contribution in [-0.4, -0.2) is 30.5 Å². The van der Waals surface area contributed by atoms with Gasteiger partial charge in [0.2, 0.25) is 5.91 Å². The van der Waals surface area contributed by atoms with Crippen LogP contribution in [0.15, 0.2) is 48.5 Å². The second-order valence-electron chi connectivity index (χ2n) is 6.21.